The summed E-state index contributed by atoms with van der Waals surface area (Å²) in [4.78, 5) is 8.36. The van der Waals surface area contributed by atoms with E-state index < -0.39 is 12.2 Å². The summed E-state index contributed by atoms with van der Waals surface area (Å²) in [5.41, 5.74) is 0. The molecular formula is C22H24F2N4O4. The van der Waals surface area contributed by atoms with Gasteiger partial charge < -0.3 is 30.3 Å². The molecule has 0 amide bonds. The van der Waals surface area contributed by atoms with Gasteiger partial charge in [-0.1, -0.05) is 0 Å². The molecule has 0 spiro atoms. The van der Waals surface area contributed by atoms with Crippen LogP contribution in [0.3, 0.4) is 0 Å². The van der Waals surface area contributed by atoms with Crippen LogP contribution in [0.15, 0.2) is 60.9 Å². The number of nitrogens with one attached hydrogen (secondary N) is 2. The third-order valence-corrected chi connectivity index (χ3v) is 4.22. The highest BCUT2D eigenvalue weighted by Crippen LogP contribution is 2.16. The molecule has 4 N–H and O–H groups in total. The van der Waals surface area contributed by atoms with Crippen LogP contribution in [0.25, 0.3) is 0 Å². The van der Waals surface area contributed by atoms with Gasteiger partial charge in [0.05, 0.1) is 0 Å². The van der Waals surface area contributed by atoms with E-state index in [2.05, 4.69) is 20.6 Å². The maximum Gasteiger partial charge on any atom is 0.169 e. The number of aliphatic hydroxyl groups excluding tert-OH is 2. The van der Waals surface area contributed by atoms with Crippen molar-refractivity contribution in [3.05, 3.63) is 72.6 Å². The van der Waals surface area contributed by atoms with Crippen molar-refractivity contribution in [2.24, 2.45) is 0 Å². The van der Waals surface area contributed by atoms with Gasteiger partial charge in [0, 0.05) is 25.5 Å². The van der Waals surface area contributed by atoms with Crippen molar-refractivity contribution in [2.75, 3.05) is 36.9 Å². The Morgan fingerprint density at radius 3 is 1.44 bits per heavy atom. The van der Waals surface area contributed by atoms with Crippen LogP contribution in [0.5, 0.6) is 11.5 Å². The fourth-order valence-electron chi connectivity index (χ4n) is 2.59. The van der Waals surface area contributed by atoms with Gasteiger partial charge in [-0.2, -0.15) is 0 Å². The van der Waals surface area contributed by atoms with Crippen LogP contribution < -0.4 is 20.1 Å². The number of nitrogens with zero attached hydrogens (tertiary/aromatic N) is 2. The average Bonchev–Trinajstić information content (AvgIpc) is 2.81. The minimum Gasteiger partial charge on any atom is -0.491 e. The van der Waals surface area contributed by atoms with Crippen LogP contribution in [-0.4, -0.2) is 58.7 Å². The number of ether oxygens (including phenoxy) is 2. The van der Waals surface area contributed by atoms with E-state index in [-0.39, 0.29) is 37.9 Å². The van der Waals surface area contributed by atoms with Gasteiger partial charge in [0.25, 0.3) is 0 Å². The highest BCUT2D eigenvalue weighted by molar-refractivity contribution is 5.58. The maximum absolute atomic E-state index is 12.9. The molecule has 1 aromatic heterocycles. The van der Waals surface area contributed by atoms with Gasteiger partial charge in [-0.15, -0.1) is 0 Å². The van der Waals surface area contributed by atoms with E-state index in [0.29, 0.717) is 23.1 Å². The lowest BCUT2D eigenvalue weighted by atomic mass is 10.3. The first-order chi connectivity index (χ1) is 15.5. The standard InChI is InChI=1S/C22H24F2N4O4/c23-15-1-5-19(6-2-15)31-13-17(29)11-27-21-22(26-10-9-25-21)28-12-18(30)14-32-20-7-3-16(24)4-8-20/h1-10,17-18,29-30H,11-14H2,(H,25,27)(H,26,28)/t17-,18-/m1/s1. The highest BCUT2D eigenvalue weighted by atomic mass is 19.1. The van der Waals surface area contributed by atoms with Crippen molar-refractivity contribution >= 4 is 11.6 Å². The number of benzene rings is 2. The second kappa shape index (κ2) is 11.8. The Morgan fingerprint density at radius 1 is 0.688 bits per heavy atom. The molecule has 0 aliphatic rings. The predicted octanol–water partition coefficient (Wildman–Crippen LogP) is 2.46. The summed E-state index contributed by atoms with van der Waals surface area (Å²) in [6, 6.07) is 11.0. The molecule has 0 aliphatic carbocycles. The molecule has 0 bridgehead atoms. The molecule has 3 rings (SSSR count). The van der Waals surface area contributed by atoms with Gasteiger partial charge >= 0.3 is 0 Å². The van der Waals surface area contributed by atoms with Crippen molar-refractivity contribution < 1.29 is 28.5 Å². The van der Waals surface area contributed by atoms with Crippen molar-refractivity contribution in [2.45, 2.75) is 12.2 Å². The van der Waals surface area contributed by atoms with E-state index in [1.54, 1.807) is 0 Å². The van der Waals surface area contributed by atoms with Gasteiger partial charge in [-0.3, -0.25) is 0 Å². The lowest BCUT2D eigenvalue weighted by Crippen LogP contribution is -2.28. The first-order valence-electron chi connectivity index (χ1n) is 9.91. The van der Waals surface area contributed by atoms with Crippen LogP contribution >= 0.6 is 0 Å². The van der Waals surface area contributed by atoms with Gasteiger partial charge in [-0.25, -0.2) is 18.7 Å². The maximum atomic E-state index is 12.9. The minimum absolute atomic E-state index is 0.00109. The molecule has 170 valence electrons. The van der Waals surface area contributed by atoms with E-state index in [0.717, 1.165) is 0 Å². The van der Waals surface area contributed by atoms with Crippen molar-refractivity contribution in [1.29, 1.82) is 0 Å². The molecule has 0 saturated heterocycles. The molecule has 32 heavy (non-hydrogen) atoms. The summed E-state index contributed by atoms with van der Waals surface area (Å²) in [5, 5.41) is 26.2. The topological polar surface area (TPSA) is 109 Å². The van der Waals surface area contributed by atoms with Crippen LogP contribution in [-0.2, 0) is 0 Å². The Balaban J connectivity index is 1.42. The Morgan fingerprint density at radius 2 is 1.06 bits per heavy atom. The minimum atomic E-state index is -0.857. The summed E-state index contributed by atoms with van der Waals surface area (Å²) in [5.74, 6) is 0.942. The monoisotopic (exact) mass is 446 g/mol. The molecule has 0 saturated carbocycles. The number of hydrogen-bond donors (Lipinski definition) is 4. The fraction of sp³-hybridized carbons (Fsp3) is 0.273. The number of halogens is 2. The highest BCUT2D eigenvalue weighted by Gasteiger charge is 2.12. The van der Waals surface area contributed by atoms with E-state index in [4.69, 9.17) is 9.47 Å². The van der Waals surface area contributed by atoms with Crippen molar-refractivity contribution in [3.8, 4) is 11.5 Å². The number of rotatable bonds is 12. The SMILES string of the molecule is O[C@H](CNc1nccnc1NC[C@@H](O)COc1ccc(F)cc1)COc1ccc(F)cc1. The third-order valence-electron chi connectivity index (χ3n) is 4.22. The molecule has 2 atom stereocenters. The Bertz CT molecular complexity index is 882. The molecule has 10 heteroatoms. The molecule has 2 aromatic carbocycles. The summed E-state index contributed by atoms with van der Waals surface area (Å²) >= 11 is 0. The lowest BCUT2D eigenvalue weighted by Gasteiger charge is -2.17. The van der Waals surface area contributed by atoms with Gasteiger partial charge in [0.2, 0.25) is 0 Å². The van der Waals surface area contributed by atoms with Crippen LogP contribution in [0.2, 0.25) is 0 Å². The average molecular weight is 446 g/mol. The second-order valence-electron chi connectivity index (χ2n) is 6.85. The summed E-state index contributed by atoms with van der Waals surface area (Å²) in [6.45, 7) is 0.262. The number of hydrogen-bond acceptors (Lipinski definition) is 8. The Hall–Kier alpha value is -3.50. The van der Waals surface area contributed by atoms with E-state index in [1.807, 2.05) is 0 Å². The zero-order valence-corrected chi connectivity index (χ0v) is 17.1. The normalized spacial score (nSPS) is 12.6. The smallest absolute Gasteiger partial charge is 0.169 e. The molecule has 0 fully saturated rings. The van der Waals surface area contributed by atoms with Crippen LogP contribution in [0, 0.1) is 11.6 Å². The third kappa shape index (κ3) is 7.64. The van der Waals surface area contributed by atoms with Crippen molar-refractivity contribution in [1.82, 2.24) is 9.97 Å². The second-order valence-corrected chi connectivity index (χ2v) is 6.85. The quantitative estimate of drug-likeness (QED) is 0.336. The molecule has 0 radical (unpaired) electrons. The van der Waals surface area contributed by atoms with Gasteiger partial charge in [0.15, 0.2) is 11.6 Å². The van der Waals surface area contributed by atoms with Crippen LogP contribution in [0.4, 0.5) is 20.4 Å². The van der Waals surface area contributed by atoms with Crippen LogP contribution in [0.1, 0.15) is 0 Å². The fourth-order valence-corrected chi connectivity index (χ4v) is 2.59. The van der Waals surface area contributed by atoms with Gasteiger partial charge in [0.1, 0.15) is 48.6 Å². The van der Waals surface area contributed by atoms with Crippen molar-refractivity contribution in [3.63, 3.8) is 0 Å². The molecule has 0 unspecified atom stereocenters. The lowest BCUT2D eigenvalue weighted by molar-refractivity contribution is 0.117. The molecule has 1 heterocycles. The zero-order valence-electron chi connectivity index (χ0n) is 17.1. The molecular weight excluding hydrogens is 422 g/mol. The van der Waals surface area contributed by atoms with E-state index >= 15 is 0 Å². The largest absolute Gasteiger partial charge is 0.491 e. The Labute approximate surface area is 183 Å². The predicted molar refractivity (Wildman–Crippen MR) is 115 cm³/mol. The first-order valence-corrected chi connectivity index (χ1v) is 9.91. The Kier molecular flexibility index (Phi) is 8.52. The zero-order chi connectivity index (χ0) is 22.8. The molecule has 0 aliphatic heterocycles. The van der Waals surface area contributed by atoms with E-state index in [9.17, 15) is 19.0 Å². The summed E-state index contributed by atoms with van der Waals surface area (Å²) in [6.07, 6.45) is 1.26. The summed E-state index contributed by atoms with van der Waals surface area (Å²) in [7, 11) is 0. The number of aliphatic hydroxyl groups is 2. The van der Waals surface area contributed by atoms with Gasteiger partial charge in [-0.05, 0) is 48.5 Å². The number of anilines is 2. The van der Waals surface area contributed by atoms with E-state index in [1.165, 1.54) is 60.9 Å². The summed E-state index contributed by atoms with van der Waals surface area (Å²) < 4.78 is 36.6. The molecule has 3 aromatic rings. The first kappa shape index (κ1) is 23.2. The number of aromatic nitrogens is 2. The molecule has 8 nitrogen and oxygen atoms in total.